The van der Waals surface area contributed by atoms with E-state index in [2.05, 4.69) is 60.8 Å². The molecule has 0 unspecified atom stereocenters. The van der Waals surface area contributed by atoms with Crippen molar-refractivity contribution in [3.05, 3.63) is 77.5 Å². The zero-order valence-corrected chi connectivity index (χ0v) is 16.8. The number of anilines is 2. The second-order valence-corrected chi connectivity index (χ2v) is 7.84. The maximum Gasteiger partial charge on any atom is 0.316 e. The average Bonchev–Trinajstić information content (AvgIpc) is 3.08. The number of nitrogens with one attached hydrogen (secondary N) is 2. The number of urea groups is 1. The zero-order valence-electron chi connectivity index (χ0n) is 16.8. The zero-order chi connectivity index (χ0) is 21.0. The Hall–Kier alpha value is -3.61. The van der Waals surface area contributed by atoms with Crippen LogP contribution in [0.3, 0.4) is 0 Å². The molecule has 3 aromatic rings. The number of benzene rings is 2. The number of carbonyl (C=O) groups excluding carboxylic acids is 2. The van der Waals surface area contributed by atoms with Gasteiger partial charge in [-0.05, 0) is 40.8 Å². The van der Waals surface area contributed by atoms with Crippen LogP contribution in [0.1, 0.15) is 42.3 Å². The van der Waals surface area contributed by atoms with Crippen LogP contribution in [0.4, 0.5) is 16.3 Å². The number of carbonyl (C=O) groups is 2. The molecular formula is C22H25N5O2. The summed E-state index contributed by atoms with van der Waals surface area (Å²) < 4.78 is 1.74. The molecule has 2 aromatic carbocycles. The first-order chi connectivity index (χ1) is 13.7. The molecule has 0 atom stereocenters. The number of nitrogens with two attached hydrogens (primary N) is 1. The van der Waals surface area contributed by atoms with E-state index in [1.54, 1.807) is 41.2 Å². The predicted molar refractivity (Wildman–Crippen MR) is 114 cm³/mol. The summed E-state index contributed by atoms with van der Waals surface area (Å²) in [6.07, 6.45) is 1.65. The van der Waals surface area contributed by atoms with Crippen molar-refractivity contribution >= 4 is 23.4 Å². The molecule has 0 aliphatic rings. The smallest absolute Gasteiger partial charge is 0.316 e. The molecule has 7 nitrogen and oxygen atoms in total. The Labute approximate surface area is 169 Å². The van der Waals surface area contributed by atoms with E-state index in [9.17, 15) is 9.59 Å². The summed E-state index contributed by atoms with van der Waals surface area (Å²) in [6.45, 7) is 7.09. The number of nitrogens with zero attached hydrogens (tertiary/aromatic N) is 2. The fourth-order valence-corrected chi connectivity index (χ4v) is 2.88. The summed E-state index contributed by atoms with van der Waals surface area (Å²) in [4.78, 5) is 23.4. The average molecular weight is 391 g/mol. The summed E-state index contributed by atoms with van der Waals surface area (Å²) in [5.74, 6) is 0.342. The van der Waals surface area contributed by atoms with Crippen LogP contribution in [-0.2, 0) is 12.0 Å². The van der Waals surface area contributed by atoms with Crippen LogP contribution in [0.25, 0.3) is 0 Å². The van der Waals surface area contributed by atoms with Crippen LogP contribution < -0.4 is 16.4 Å². The van der Waals surface area contributed by atoms with Crippen molar-refractivity contribution in [1.29, 1.82) is 0 Å². The molecule has 3 amide bonds. The van der Waals surface area contributed by atoms with Gasteiger partial charge in [0.15, 0.2) is 0 Å². The van der Waals surface area contributed by atoms with Gasteiger partial charge >= 0.3 is 6.03 Å². The lowest BCUT2D eigenvalue weighted by atomic mass is 9.87. The van der Waals surface area contributed by atoms with Crippen molar-refractivity contribution in [3.8, 4) is 0 Å². The van der Waals surface area contributed by atoms with E-state index in [-0.39, 0.29) is 11.3 Å². The number of hydrogen-bond acceptors (Lipinski definition) is 3. The first-order valence-corrected chi connectivity index (χ1v) is 9.31. The minimum atomic E-state index is -0.651. The first kappa shape index (κ1) is 20.1. The molecule has 0 aliphatic carbocycles. The fraction of sp³-hybridized carbons (Fsp3) is 0.227. The number of primary amides is 1. The largest absolute Gasteiger partial charge is 0.351 e. The van der Waals surface area contributed by atoms with Crippen molar-refractivity contribution < 1.29 is 9.59 Å². The van der Waals surface area contributed by atoms with Crippen LogP contribution >= 0.6 is 0 Å². The molecule has 0 aliphatic heterocycles. The van der Waals surface area contributed by atoms with Crippen LogP contribution in [0.15, 0.2) is 60.8 Å². The van der Waals surface area contributed by atoms with E-state index in [1.807, 2.05) is 0 Å². The molecule has 3 rings (SSSR count). The summed E-state index contributed by atoms with van der Waals surface area (Å²) in [5, 5.41) is 9.65. The number of hydrogen-bond donors (Lipinski definition) is 3. The van der Waals surface area contributed by atoms with Gasteiger partial charge in [0.05, 0.1) is 12.7 Å². The minimum absolute atomic E-state index is 0.103. The molecule has 7 heteroatoms. The topological polar surface area (TPSA) is 102 Å². The molecule has 0 saturated heterocycles. The first-order valence-electron chi connectivity index (χ1n) is 9.31. The third-order valence-electron chi connectivity index (χ3n) is 4.53. The normalized spacial score (nSPS) is 11.1. The highest BCUT2D eigenvalue weighted by atomic mass is 16.2. The second-order valence-electron chi connectivity index (χ2n) is 7.84. The Kier molecular flexibility index (Phi) is 5.68. The molecule has 0 bridgehead atoms. The van der Waals surface area contributed by atoms with Crippen molar-refractivity contribution in [2.75, 3.05) is 10.6 Å². The van der Waals surface area contributed by atoms with Gasteiger partial charge in [0.2, 0.25) is 0 Å². The van der Waals surface area contributed by atoms with E-state index in [0.717, 1.165) is 5.56 Å². The standard InChI is InChI=1S/C22H25N5O2/c1-22(2,3)17-8-4-15(5-9-17)14-27-19(12-13-24-27)26-20(28)16-6-10-18(11-7-16)25-21(23)29/h4-13H,14H2,1-3H3,(H,26,28)(H3,23,25,29). The van der Waals surface area contributed by atoms with Gasteiger partial charge in [-0.1, -0.05) is 45.0 Å². The monoisotopic (exact) mass is 391 g/mol. The third-order valence-corrected chi connectivity index (χ3v) is 4.53. The fourth-order valence-electron chi connectivity index (χ4n) is 2.88. The highest BCUT2D eigenvalue weighted by Crippen LogP contribution is 2.22. The lowest BCUT2D eigenvalue weighted by Crippen LogP contribution is -2.19. The minimum Gasteiger partial charge on any atom is -0.351 e. The molecule has 0 saturated carbocycles. The van der Waals surface area contributed by atoms with Gasteiger partial charge in [-0.3, -0.25) is 4.79 Å². The van der Waals surface area contributed by atoms with Crippen LogP contribution in [0.2, 0.25) is 0 Å². The molecular weight excluding hydrogens is 366 g/mol. The van der Waals surface area contributed by atoms with Crippen molar-refractivity contribution in [1.82, 2.24) is 9.78 Å². The molecule has 1 heterocycles. The summed E-state index contributed by atoms with van der Waals surface area (Å²) in [7, 11) is 0. The van der Waals surface area contributed by atoms with Crippen LogP contribution in [0, 0.1) is 0 Å². The van der Waals surface area contributed by atoms with Crippen molar-refractivity contribution in [3.63, 3.8) is 0 Å². The molecule has 0 spiro atoms. The highest BCUT2D eigenvalue weighted by Gasteiger charge is 2.14. The molecule has 4 N–H and O–H groups in total. The lowest BCUT2D eigenvalue weighted by molar-refractivity contribution is 0.102. The van der Waals surface area contributed by atoms with Gasteiger partial charge < -0.3 is 16.4 Å². The summed E-state index contributed by atoms with van der Waals surface area (Å²) >= 11 is 0. The van der Waals surface area contributed by atoms with Gasteiger partial charge in [0.25, 0.3) is 5.91 Å². The van der Waals surface area contributed by atoms with E-state index in [0.29, 0.717) is 23.6 Å². The second kappa shape index (κ2) is 8.18. The van der Waals surface area contributed by atoms with E-state index in [4.69, 9.17) is 5.73 Å². The van der Waals surface area contributed by atoms with Gasteiger partial charge in [-0.25, -0.2) is 9.48 Å². The molecule has 29 heavy (non-hydrogen) atoms. The Morgan fingerprint density at radius 2 is 1.62 bits per heavy atom. The molecule has 150 valence electrons. The lowest BCUT2D eigenvalue weighted by Gasteiger charge is -2.19. The number of rotatable bonds is 5. The van der Waals surface area contributed by atoms with Gasteiger partial charge in [0.1, 0.15) is 5.82 Å². The quantitative estimate of drug-likeness (QED) is 0.613. The third kappa shape index (κ3) is 5.22. The Balaban J connectivity index is 1.68. The van der Waals surface area contributed by atoms with Gasteiger partial charge in [0, 0.05) is 17.3 Å². The predicted octanol–water partition coefficient (Wildman–Crippen LogP) is 3.97. The van der Waals surface area contributed by atoms with E-state index >= 15 is 0 Å². The maximum absolute atomic E-state index is 12.5. The maximum atomic E-state index is 12.5. The van der Waals surface area contributed by atoms with Gasteiger partial charge in [-0.15, -0.1) is 0 Å². The van der Waals surface area contributed by atoms with Crippen molar-refractivity contribution in [2.45, 2.75) is 32.7 Å². The van der Waals surface area contributed by atoms with Gasteiger partial charge in [-0.2, -0.15) is 5.10 Å². The molecule has 0 fully saturated rings. The molecule has 1 aromatic heterocycles. The summed E-state index contributed by atoms with van der Waals surface area (Å²) in [5.41, 5.74) is 8.54. The van der Waals surface area contributed by atoms with E-state index < -0.39 is 6.03 Å². The Morgan fingerprint density at radius 1 is 0.966 bits per heavy atom. The van der Waals surface area contributed by atoms with Crippen molar-refractivity contribution in [2.24, 2.45) is 5.73 Å². The van der Waals surface area contributed by atoms with E-state index in [1.165, 1.54) is 5.56 Å². The Morgan fingerprint density at radius 3 is 2.21 bits per heavy atom. The molecule has 0 radical (unpaired) electrons. The SMILES string of the molecule is CC(C)(C)c1ccc(Cn2nccc2NC(=O)c2ccc(NC(N)=O)cc2)cc1. The number of aromatic nitrogens is 2. The van der Waals surface area contributed by atoms with Crippen LogP contribution in [0.5, 0.6) is 0 Å². The number of amides is 3. The van der Waals surface area contributed by atoms with Crippen LogP contribution in [-0.4, -0.2) is 21.7 Å². The summed E-state index contributed by atoms with van der Waals surface area (Å²) in [6, 6.07) is 16.0. The Bertz CT molecular complexity index is 999. The highest BCUT2D eigenvalue weighted by molar-refractivity contribution is 6.04.